The summed E-state index contributed by atoms with van der Waals surface area (Å²) in [4.78, 5) is 25.3. The summed E-state index contributed by atoms with van der Waals surface area (Å²) in [7, 11) is -0.171. The van der Waals surface area contributed by atoms with Gasteiger partial charge in [-0.3, -0.25) is 14.3 Å². The van der Waals surface area contributed by atoms with E-state index in [1.165, 1.54) is 23.9 Å². The van der Waals surface area contributed by atoms with Gasteiger partial charge in [0.2, 0.25) is 0 Å². The number of nitrogens with one attached hydrogen (secondary N) is 1. The van der Waals surface area contributed by atoms with Crippen molar-refractivity contribution in [2.45, 2.75) is 13.5 Å². The Morgan fingerprint density at radius 3 is 2.67 bits per heavy atom. The first-order valence-corrected chi connectivity index (χ1v) is 6.25. The molecule has 7 nitrogen and oxygen atoms in total. The van der Waals surface area contributed by atoms with Crippen LogP contribution in [0, 0.1) is 6.92 Å². The van der Waals surface area contributed by atoms with E-state index in [0.29, 0.717) is 16.9 Å². The molecule has 0 spiro atoms. The van der Waals surface area contributed by atoms with Gasteiger partial charge in [-0.25, -0.2) is 4.79 Å². The fourth-order valence-corrected chi connectivity index (χ4v) is 2.02. The topological polar surface area (TPSA) is 105 Å². The van der Waals surface area contributed by atoms with Crippen molar-refractivity contribution in [1.82, 2.24) is 9.55 Å². The van der Waals surface area contributed by atoms with Gasteiger partial charge in [-0.1, -0.05) is 6.07 Å². The van der Waals surface area contributed by atoms with E-state index in [1.807, 2.05) is 0 Å². The molecule has 1 heterocycles. The summed E-state index contributed by atoms with van der Waals surface area (Å²) < 4.78 is 6.38. The van der Waals surface area contributed by atoms with Gasteiger partial charge in [0.1, 0.15) is 5.75 Å². The van der Waals surface area contributed by atoms with E-state index in [-0.39, 0.29) is 12.0 Å². The predicted octanol–water partition coefficient (Wildman–Crippen LogP) is -1.42. The van der Waals surface area contributed by atoms with Crippen LogP contribution in [0.2, 0.25) is 0 Å². The van der Waals surface area contributed by atoms with Crippen LogP contribution >= 0.6 is 0 Å². The Morgan fingerprint density at radius 1 is 1.33 bits per heavy atom. The van der Waals surface area contributed by atoms with Gasteiger partial charge in [-0.2, -0.15) is 0 Å². The molecule has 0 radical (unpaired) electrons. The first kappa shape index (κ1) is 15.1. The van der Waals surface area contributed by atoms with Crippen molar-refractivity contribution in [2.75, 3.05) is 7.11 Å². The number of H-pyrrole nitrogens is 1. The van der Waals surface area contributed by atoms with E-state index in [0.717, 1.165) is 0 Å². The number of nitrogens with zero attached hydrogens (tertiary/aromatic N) is 1. The minimum atomic E-state index is -1.66. The van der Waals surface area contributed by atoms with Gasteiger partial charge in [0.05, 0.1) is 13.7 Å². The third kappa shape index (κ3) is 3.23. The second kappa shape index (κ2) is 5.98. The molecule has 0 aliphatic rings. The molecule has 2 aromatic rings. The monoisotopic (exact) mass is 290 g/mol. The number of hydrogen-bond donors (Lipinski definition) is 3. The highest BCUT2D eigenvalue weighted by Gasteiger charge is 2.17. The average Bonchev–Trinajstić information content (AvgIpc) is 2.44. The van der Waals surface area contributed by atoms with Crippen LogP contribution in [0.5, 0.6) is 5.75 Å². The number of aryl methyl sites for hydroxylation is 1. The standard InChI is InChI=1S/C13H15BN2O5/c1-8-6-16(13(18)15-12(8)17)7-9-5-10(21-2)3-4-11(9)14(19)20/h3-6,19-20H,7H2,1-2H3,(H,15,17,18). The second-order valence-electron chi connectivity index (χ2n) is 4.64. The van der Waals surface area contributed by atoms with Crippen LogP contribution in [-0.4, -0.2) is 33.8 Å². The molecule has 1 aromatic carbocycles. The molecule has 0 atom stereocenters. The molecule has 3 N–H and O–H groups in total. The molecule has 0 bridgehead atoms. The molecule has 0 aliphatic carbocycles. The van der Waals surface area contributed by atoms with Crippen LogP contribution in [0.15, 0.2) is 34.0 Å². The van der Waals surface area contributed by atoms with E-state index < -0.39 is 18.4 Å². The molecule has 1 aromatic heterocycles. The number of rotatable bonds is 4. The maximum absolute atomic E-state index is 11.8. The first-order chi connectivity index (χ1) is 9.92. The van der Waals surface area contributed by atoms with Gasteiger partial charge in [0.15, 0.2) is 0 Å². The van der Waals surface area contributed by atoms with Crippen LogP contribution in [0.4, 0.5) is 0 Å². The lowest BCUT2D eigenvalue weighted by Gasteiger charge is -2.12. The Labute approximate surface area is 120 Å². The zero-order valence-corrected chi connectivity index (χ0v) is 11.7. The molecule has 0 fully saturated rings. The summed E-state index contributed by atoms with van der Waals surface area (Å²) in [5, 5.41) is 18.8. The van der Waals surface area contributed by atoms with Gasteiger partial charge in [0, 0.05) is 11.8 Å². The minimum absolute atomic E-state index is 0.0839. The number of methoxy groups -OCH3 is 1. The third-order valence-corrected chi connectivity index (χ3v) is 3.16. The number of aromatic amines is 1. The Kier molecular flexibility index (Phi) is 4.30. The lowest BCUT2D eigenvalue weighted by atomic mass is 9.77. The van der Waals surface area contributed by atoms with Crippen molar-refractivity contribution in [3.63, 3.8) is 0 Å². The highest BCUT2D eigenvalue weighted by Crippen LogP contribution is 2.12. The highest BCUT2D eigenvalue weighted by molar-refractivity contribution is 6.59. The zero-order chi connectivity index (χ0) is 15.6. The molecule has 21 heavy (non-hydrogen) atoms. The van der Waals surface area contributed by atoms with E-state index >= 15 is 0 Å². The smallest absolute Gasteiger partial charge is 0.488 e. The van der Waals surface area contributed by atoms with Gasteiger partial charge in [-0.05, 0) is 30.1 Å². The Bertz CT molecular complexity index is 766. The molecule has 8 heteroatoms. The second-order valence-corrected chi connectivity index (χ2v) is 4.64. The molecule has 0 saturated carbocycles. The van der Waals surface area contributed by atoms with E-state index in [9.17, 15) is 19.6 Å². The Morgan fingerprint density at radius 2 is 2.05 bits per heavy atom. The number of aromatic nitrogens is 2. The molecule has 110 valence electrons. The molecular formula is C13H15BN2O5. The zero-order valence-electron chi connectivity index (χ0n) is 11.7. The fourth-order valence-electron chi connectivity index (χ4n) is 2.02. The molecule has 0 aliphatic heterocycles. The normalized spacial score (nSPS) is 10.5. The Balaban J connectivity index is 2.50. The van der Waals surface area contributed by atoms with Crippen LogP contribution in [0.3, 0.4) is 0 Å². The van der Waals surface area contributed by atoms with Crippen molar-refractivity contribution in [3.05, 3.63) is 56.4 Å². The summed E-state index contributed by atoms with van der Waals surface area (Å²) in [6, 6.07) is 4.73. The van der Waals surface area contributed by atoms with Gasteiger partial charge in [-0.15, -0.1) is 0 Å². The lowest BCUT2D eigenvalue weighted by Crippen LogP contribution is -2.36. The maximum Gasteiger partial charge on any atom is 0.488 e. The predicted molar refractivity (Wildman–Crippen MR) is 78.0 cm³/mol. The minimum Gasteiger partial charge on any atom is -0.497 e. The van der Waals surface area contributed by atoms with Crippen molar-refractivity contribution in [1.29, 1.82) is 0 Å². The number of benzene rings is 1. The largest absolute Gasteiger partial charge is 0.497 e. The molecule has 0 unspecified atom stereocenters. The fraction of sp³-hybridized carbons (Fsp3) is 0.231. The van der Waals surface area contributed by atoms with Crippen LogP contribution in [0.1, 0.15) is 11.1 Å². The van der Waals surface area contributed by atoms with Crippen molar-refractivity contribution in [2.24, 2.45) is 0 Å². The van der Waals surface area contributed by atoms with Gasteiger partial charge >= 0.3 is 12.8 Å². The summed E-state index contributed by atoms with van der Waals surface area (Å²) in [5.41, 5.74) is 0.171. The molecule has 0 saturated heterocycles. The highest BCUT2D eigenvalue weighted by atomic mass is 16.5. The van der Waals surface area contributed by atoms with Crippen LogP contribution in [-0.2, 0) is 6.54 Å². The third-order valence-electron chi connectivity index (χ3n) is 3.16. The van der Waals surface area contributed by atoms with Crippen LogP contribution < -0.4 is 21.4 Å². The maximum atomic E-state index is 11.8. The summed E-state index contributed by atoms with van der Waals surface area (Å²) in [5.74, 6) is 0.531. The molecular weight excluding hydrogens is 275 g/mol. The van der Waals surface area contributed by atoms with Gasteiger partial charge in [0.25, 0.3) is 5.56 Å². The van der Waals surface area contributed by atoms with E-state index in [2.05, 4.69) is 4.98 Å². The van der Waals surface area contributed by atoms with Crippen molar-refractivity contribution in [3.8, 4) is 5.75 Å². The van der Waals surface area contributed by atoms with Crippen molar-refractivity contribution < 1.29 is 14.8 Å². The first-order valence-electron chi connectivity index (χ1n) is 6.25. The number of hydrogen-bond acceptors (Lipinski definition) is 5. The van der Waals surface area contributed by atoms with Gasteiger partial charge < -0.3 is 14.8 Å². The van der Waals surface area contributed by atoms with Crippen LogP contribution in [0.25, 0.3) is 0 Å². The molecule has 2 rings (SSSR count). The average molecular weight is 290 g/mol. The summed E-state index contributed by atoms with van der Waals surface area (Å²) >= 11 is 0. The summed E-state index contributed by atoms with van der Waals surface area (Å²) in [6.07, 6.45) is 1.42. The lowest BCUT2D eigenvalue weighted by molar-refractivity contribution is 0.413. The molecule has 0 amide bonds. The Hall–Kier alpha value is -2.32. The summed E-state index contributed by atoms with van der Waals surface area (Å²) in [6.45, 7) is 1.67. The van der Waals surface area contributed by atoms with E-state index in [1.54, 1.807) is 19.1 Å². The SMILES string of the molecule is COc1ccc(B(O)O)c(Cn2cc(C)c(=O)[nH]c2=O)c1. The van der Waals surface area contributed by atoms with E-state index in [4.69, 9.17) is 4.74 Å². The van der Waals surface area contributed by atoms with Crippen molar-refractivity contribution >= 4 is 12.6 Å². The number of ether oxygens (including phenoxy) is 1. The quantitative estimate of drug-likeness (QED) is 0.600.